The number of carbonyl (C=O) groups is 1. The highest BCUT2D eigenvalue weighted by molar-refractivity contribution is 5.92. The molecule has 0 saturated heterocycles. The molecule has 2 heterocycles. The van der Waals surface area contributed by atoms with Gasteiger partial charge in [0.05, 0.1) is 25.0 Å². The van der Waals surface area contributed by atoms with Crippen molar-refractivity contribution in [3.8, 4) is 5.95 Å². The summed E-state index contributed by atoms with van der Waals surface area (Å²) in [5.41, 5.74) is 0.314. The Morgan fingerprint density at radius 2 is 2.15 bits per heavy atom. The Balaban J connectivity index is 0.00000280. The number of hydrogen-bond acceptors (Lipinski definition) is 6. The lowest BCUT2D eigenvalue weighted by atomic mass is 9.93. The van der Waals surface area contributed by atoms with Crippen LogP contribution in [0.3, 0.4) is 0 Å². The number of ether oxygens (including phenoxy) is 2. The first-order valence-corrected chi connectivity index (χ1v) is 9.03. The van der Waals surface area contributed by atoms with Gasteiger partial charge in [-0.05, 0) is 31.7 Å². The van der Waals surface area contributed by atoms with Gasteiger partial charge in [0.2, 0.25) is 5.95 Å². The lowest BCUT2D eigenvalue weighted by Crippen LogP contribution is -2.39. The predicted molar refractivity (Wildman–Crippen MR) is 97.4 cm³/mol. The molecular formula is C18H26FN5O3. The molecule has 9 heteroatoms. The van der Waals surface area contributed by atoms with Crippen LogP contribution in [0.4, 0.5) is 4.39 Å². The summed E-state index contributed by atoms with van der Waals surface area (Å²) in [6.45, 7) is 0.400. The van der Waals surface area contributed by atoms with Crippen molar-refractivity contribution in [2.75, 3.05) is 20.3 Å². The van der Waals surface area contributed by atoms with Gasteiger partial charge in [-0.2, -0.15) is 0 Å². The summed E-state index contributed by atoms with van der Waals surface area (Å²) < 4.78 is 25.4. The maximum atomic E-state index is 13.1. The first-order valence-electron chi connectivity index (χ1n) is 9.03. The first kappa shape index (κ1) is 19.4. The van der Waals surface area contributed by atoms with Crippen molar-refractivity contribution in [1.29, 1.82) is 0 Å². The molecule has 1 fully saturated rings. The Morgan fingerprint density at radius 3 is 2.81 bits per heavy atom. The molecule has 1 amide bonds. The Bertz CT molecular complexity index is 739. The number of carbonyl (C=O) groups excluding carboxylic acids is 1. The fourth-order valence-electron chi connectivity index (χ4n) is 3.09. The normalized spacial score (nSPS) is 19.8. The summed E-state index contributed by atoms with van der Waals surface area (Å²) in [5.74, 6) is -0.0970. The molecule has 27 heavy (non-hydrogen) atoms. The van der Waals surface area contributed by atoms with Gasteiger partial charge in [-0.1, -0.05) is 0 Å². The lowest BCUT2D eigenvalue weighted by Gasteiger charge is -2.29. The van der Waals surface area contributed by atoms with E-state index in [1.165, 1.54) is 12.4 Å². The minimum Gasteiger partial charge on any atom is -0.382 e. The molecule has 0 radical (unpaired) electrons. The fraction of sp³-hybridized carbons (Fsp3) is 0.556. The highest BCUT2D eigenvalue weighted by Gasteiger charge is 2.24. The molecule has 8 nitrogen and oxygen atoms in total. The van der Waals surface area contributed by atoms with Crippen LogP contribution in [0.25, 0.3) is 5.95 Å². The van der Waals surface area contributed by atoms with E-state index in [1.54, 1.807) is 24.1 Å². The van der Waals surface area contributed by atoms with E-state index in [9.17, 15) is 9.18 Å². The van der Waals surface area contributed by atoms with Gasteiger partial charge in [0.15, 0.2) is 0 Å². The van der Waals surface area contributed by atoms with E-state index in [4.69, 9.17) is 9.47 Å². The molecule has 3 rings (SSSR count). The lowest BCUT2D eigenvalue weighted by molar-refractivity contribution is -0.00409. The smallest absolute Gasteiger partial charge is 0.270 e. The molecule has 0 atom stereocenters. The molecule has 1 aliphatic carbocycles. The molecule has 0 unspecified atom stereocenters. The van der Waals surface area contributed by atoms with Crippen LogP contribution in [-0.4, -0.2) is 57.9 Å². The predicted octanol–water partition coefficient (Wildman–Crippen LogP) is 2.08. The zero-order valence-electron chi connectivity index (χ0n) is 15.3. The average molecular weight is 379 g/mol. The molecule has 2 aromatic heterocycles. The molecule has 0 aromatic carbocycles. The summed E-state index contributed by atoms with van der Waals surface area (Å²) in [5, 5.41) is 2.99. The van der Waals surface area contributed by atoms with Gasteiger partial charge in [-0.25, -0.2) is 19.3 Å². The number of rotatable bonds is 8. The summed E-state index contributed by atoms with van der Waals surface area (Å²) in [4.78, 5) is 24.9. The summed E-state index contributed by atoms with van der Waals surface area (Å²) >= 11 is 0. The average Bonchev–Trinajstić information content (AvgIpc) is 3.24. The highest BCUT2D eigenvalue weighted by atomic mass is 19.1. The second-order valence-corrected chi connectivity index (χ2v) is 6.46. The van der Waals surface area contributed by atoms with Crippen LogP contribution >= 0.6 is 0 Å². The standard InChI is InChI=1S/C18H24FN5O3.H2/c1-26-8-9-27-15-4-2-13(3-5-15)21-17(25)16-10-14(11-19)22-18(23-16)24-7-6-20-12-24;/h6-7,10,12-13,15H,2-5,8-9,11H2,1H3,(H,21,25);1H. The van der Waals surface area contributed by atoms with Crippen molar-refractivity contribution >= 4 is 5.91 Å². The monoisotopic (exact) mass is 379 g/mol. The van der Waals surface area contributed by atoms with E-state index in [0.717, 1.165) is 25.7 Å². The van der Waals surface area contributed by atoms with Crippen LogP contribution in [0, 0.1) is 0 Å². The number of amides is 1. The number of halogens is 1. The van der Waals surface area contributed by atoms with E-state index < -0.39 is 6.67 Å². The van der Waals surface area contributed by atoms with Crippen molar-refractivity contribution in [3.63, 3.8) is 0 Å². The van der Waals surface area contributed by atoms with Crippen LogP contribution in [-0.2, 0) is 16.1 Å². The van der Waals surface area contributed by atoms with Gasteiger partial charge in [-0.15, -0.1) is 0 Å². The first-order chi connectivity index (χ1) is 13.2. The van der Waals surface area contributed by atoms with Crippen molar-refractivity contribution in [2.45, 2.75) is 44.5 Å². The molecule has 0 bridgehead atoms. The number of aromatic nitrogens is 4. The molecule has 0 aliphatic heterocycles. The number of methoxy groups -OCH3 is 1. The van der Waals surface area contributed by atoms with Crippen LogP contribution in [0.2, 0.25) is 0 Å². The van der Waals surface area contributed by atoms with Crippen molar-refractivity contribution < 1.29 is 20.1 Å². The molecule has 148 valence electrons. The van der Waals surface area contributed by atoms with Gasteiger partial charge >= 0.3 is 0 Å². The second-order valence-electron chi connectivity index (χ2n) is 6.46. The molecular weight excluding hydrogens is 353 g/mol. The minimum atomic E-state index is -0.769. The third-order valence-electron chi connectivity index (χ3n) is 4.52. The molecule has 0 spiro atoms. The molecule has 1 saturated carbocycles. The second kappa shape index (κ2) is 9.52. The number of nitrogens with one attached hydrogen (secondary N) is 1. The zero-order chi connectivity index (χ0) is 19.1. The van der Waals surface area contributed by atoms with Gasteiger partial charge in [0.25, 0.3) is 5.91 Å². The molecule has 2 aromatic rings. The van der Waals surface area contributed by atoms with Crippen LogP contribution in [0.15, 0.2) is 24.8 Å². The van der Waals surface area contributed by atoms with Gasteiger partial charge < -0.3 is 14.8 Å². The van der Waals surface area contributed by atoms with Crippen molar-refractivity contribution in [2.24, 2.45) is 0 Å². The van der Waals surface area contributed by atoms with Gasteiger partial charge in [0, 0.05) is 27.0 Å². The largest absolute Gasteiger partial charge is 0.382 e. The molecule has 1 N–H and O–H groups in total. The zero-order valence-corrected chi connectivity index (χ0v) is 15.3. The number of hydrogen-bond donors (Lipinski definition) is 1. The Morgan fingerprint density at radius 1 is 1.33 bits per heavy atom. The van der Waals surface area contributed by atoms with Crippen molar-refractivity contribution in [1.82, 2.24) is 24.8 Å². The van der Waals surface area contributed by atoms with Crippen LogP contribution < -0.4 is 5.32 Å². The van der Waals surface area contributed by atoms with Crippen LogP contribution in [0.1, 0.15) is 43.3 Å². The fourth-order valence-corrected chi connectivity index (χ4v) is 3.09. The quantitative estimate of drug-likeness (QED) is 0.706. The third kappa shape index (κ3) is 5.30. The Kier molecular flexibility index (Phi) is 6.83. The summed E-state index contributed by atoms with van der Waals surface area (Å²) in [6.07, 6.45) is 8.35. The summed E-state index contributed by atoms with van der Waals surface area (Å²) in [6, 6.07) is 1.44. The maximum absolute atomic E-state index is 13.1. The summed E-state index contributed by atoms with van der Waals surface area (Å²) in [7, 11) is 1.65. The Labute approximate surface area is 158 Å². The highest BCUT2D eigenvalue weighted by Crippen LogP contribution is 2.21. The number of alkyl halides is 1. The van der Waals surface area contributed by atoms with E-state index in [0.29, 0.717) is 13.2 Å². The van der Waals surface area contributed by atoms with Gasteiger partial charge in [0.1, 0.15) is 18.7 Å². The van der Waals surface area contributed by atoms with Crippen LogP contribution in [0.5, 0.6) is 0 Å². The topological polar surface area (TPSA) is 91.2 Å². The number of nitrogens with zero attached hydrogens (tertiary/aromatic N) is 4. The minimum absolute atomic E-state index is 0. The van der Waals surface area contributed by atoms with E-state index in [1.807, 2.05) is 0 Å². The van der Waals surface area contributed by atoms with Crippen molar-refractivity contribution in [3.05, 3.63) is 36.2 Å². The maximum Gasteiger partial charge on any atom is 0.270 e. The third-order valence-corrected chi connectivity index (χ3v) is 4.52. The van der Waals surface area contributed by atoms with Gasteiger partial charge in [-0.3, -0.25) is 9.36 Å². The van der Waals surface area contributed by atoms with E-state index in [-0.39, 0.29) is 36.8 Å². The van der Waals surface area contributed by atoms with E-state index >= 15 is 0 Å². The SMILES string of the molecule is COCCOC1CCC(NC(=O)c2cc(CF)nc(-n3ccnc3)n2)CC1.[HH]. The molecule has 1 aliphatic rings. The number of imidazole rings is 1. The van der Waals surface area contributed by atoms with E-state index in [2.05, 4.69) is 20.3 Å². The Hall–Kier alpha value is -2.39.